The first-order valence-corrected chi connectivity index (χ1v) is 9.30. The Morgan fingerprint density at radius 2 is 2.17 bits per heavy atom. The van der Waals surface area contributed by atoms with E-state index in [1.807, 2.05) is 16.0 Å². The smallest absolute Gasteiger partial charge is 0.141 e. The molecule has 0 bridgehead atoms. The zero-order chi connectivity index (χ0) is 16.6. The minimum absolute atomic E-state index is 0.0374. The van der Waals surface area contributed by atoms with Crippen molar-refractivity contribution < 1.29 is 0 Å². The van der Waals surface area contributed by atoms with Gasteiger partial charge in [-0.3, -0.25) is 4.90 Å². The van der Waals surface area contributed by atoms with Gasteiger partial charge in [0.05, 0.1) is 22.8 Å². The van der Waals surface area contributed by atoms with Crippen molar-refractivity contribution in [2.24, 2.45) is 0 Å². The molecule has 0 saturated heterocycles. The molecule has 1 atom stereocenters. The minimum Gasteiger partial charge on any atom is -0.291 e. The van der Waals surface area contributed by atoms with E-state index in [0.717, 1.165) is 25.2 Å². The van der Waals surface area contributed by atoms with Crippen LogP contribution >= 0.6 is 11.3 Å². The largest absolute Gasteiger partial charge is 0.291 e. The monoisotopic (exact) mass is 333 g/mol. The number of rotatable bonds is 4. The fraction of sp³-hybridized carbons (Fsp3) is 0.706. The summed E-state index contributed by atoms with van der Waals surface area (Å²) in [5.41, 5.74) is 1.29. The van der Waals surface area contributed by atoms with Crippen LogP contribution in [0.3, 0.4) is 0 Å². The Morgan fingerprint density at radius 1 is 1.39 bits per heavy atom. The highest BCUT2D eigenvalue weighted by Crippen LogP contribution is 2.38. The molecule has 3 rings (SSSR count). The van der Waals surface area contributed by atoms with Crippen molar-refractivity contribution in [2.75, 3.05) is 7.05 Å². The Labute approximate surface area is 142 Å². The standard InChI is InChI=1S/C17H27N5S/c1-6-15-20-12-8-7-9-13(16(12)23-15)21(5)10-14-18-11-19-22(14)17(2,3)4/h11,13H,6-10H2,1-5H3/t13-/m0/s1. The molecule has 0 spiro atoms. The third-order valence-electron chi connectivity index (χ3n) is 4.44. The van der Waals surface area contributed by atoms with Gasteiger partial charge in [0.1, 0.15) is 12.2 Å². The fourth-order valence-corrected chi connectivity index (χ4v) is 4.54. The molecule has 0 fully saturated rings. The Hall–Kier alpha value is -1.27. The van der Waals surface area contributed by atoms with Crippen LogP contribution < -0.4 is 0 Å². The van der Waals surface area contributed by atoms with Gasteiger partial charge in [0, 0.05) is 10.9 Å². The normalized spacial score (nSPS) is 18.4. The number of aromatic nitrogens is 4. The lowest BCUT2D eigenvalue weighted by Crippen LogP contribution is -2.31. The van der Waals surface area contributed by atoms with Gasteiger partial charge >= 0.3 is 0 Å². The Morgan fingerprint density at radius 3 is 2.87 bits per heavy atom. The molecule has 0 N–H and O–H groups in total. The second kappa shape index (κ2) is 6.32. The van der Waals surface area contributed by atoms with Crippen LogP contribution in [0.5, 0.6) is 0 Å². The van der Waals surface area contributed by atoms with E-state index in [1.165, 1.54) is 28.4 Å². The molecular weight excluding hydrogens is 306 g/mol. The summed E-state index contributed by atoms with van der Waals surface area (Å²) in [6, 6.07) is 0.460. The first-order chi connectivity index (χ1) is 10.9. The van der Waals surface area contributed by atoms with E-state index in [4.69, 9.17) is 4.98 Å². The zero-order valence-corrected chi connectivity index (χ0v) is 15.7. The average molecular weight is 334 g/mol. The number of nitrogens with zero attached hydrogens (tertiary/aromatic N) is 5. The predicted octanol–water partition coefficient (Wildman–Crippen LogP) is 3.56. The molecule has 2 aromatic heterocycles. The summed E-state index contributed by atoms with van der Waals surface area (Å²) in [6.45, 7) is 9.51. The number of hydrogen-bond donors (Lipinski definition) is 0. The molecule has 0 radical (unpaired) electrons. The van der Waals surface area contributed by atoms with Gasteiger partial charge in [-0.1, -0.05) is 6.92 Å². The van der Waals surface area contributed by atoms with Gasteiger partial charge in [0.15, 0.2) is 0 Å². The molecule has 126 valence electrons. The Balaban J connectivity index is 1.81. The summed E-state index contributed by atoms with van der Waals surface area (Å²) in [4.78, 5) is 13.2. The maximum atomic E-state index is 4.81. The predicted molar refractivity (Wildman–Crippen MR) is 93.7 cm³/mol. The summed E-state index contributed by atoms with van der Waals surface area (Å²) >= 11 is 1.90. The molecule has 0 unspecified atom stereocenters. The van der Waals surface area contributed by atoms with E-state index in [-0.39, 0.29) is 5.54 Å². The first kappa shape index (κ1) is 16.6. The number of fused-ring (bicyclic) bond motifs is 1. The van der Waals surface area contributed by atoms with Crippen molar-refractivity contribution in [1.82, 2.24) is 24.6 Å². The molecule has 1 aliphatic carbocycles. The maximum Gasteiger partial charge on any atom is 0.141 e. The summed E-state index contributed by atoms with van der Waals surface area (Å²) < 4.78 is 2.04. The van der Waals surface area contributed by atoms with Crippen molar-refractivity contribution in [1.29, 1.82) is 0 Å². The molecule has 2 aromatic rings. The van der Waals surface area contributed by atoms with Crippen LogP contribution in [-0.2, 0) is 24.9 Å². The van der Waals surface area contributed by atoms with Crippen LogP contribution in [0.25, 0.3) is 0 Å². The number of hydrogen-bond acceptors (Lipinski definition) is 5. The quantitative estimate of drug-likeness (QED) is 0.858. The lowest BCUT2D eigenvalue weighted by atomic mass is 9.97. The zero-order valence-electron chi connectivity index (χ0n) is 14.8. The first-order valence-electron chi connectivity index (χ1n) is 8.48. The van der Waals surface area contributed by atoms with Crippen LogP contribution in [0.15, 0.2) is 6.33 Å². The van der Waals surface area contributed by atoms with Crippen molar-refractivity contribution in [3.8, 4) is 0 Å². The van der Waals surface area contributed by atoms with Gasteiger partial charge in [-0.15, -0.1) is 11.3 Å². The fourth-order valence-electron chi connectivity index (χ4n) is 3.29. The van der Waals surface area contributed by atoms with E-state index in [1.54, 1.807) is 6.33 Å². The SMILES string of the molecule is CCc1nc2c(s1)[C@@H](N(C)Cc1ncnn1C(C)(C)C)CCC2. The average Bonchev–Trinajstić information content (AvgIpc) is 3.11. The molecule has 0 saturated carbocycles. The number of aryl methyl sites for hydroxylation is 2. The second-order valence-corrected chi connectivity index (χ2v) is 8.47. The van der Waals surface area contributed by atoms with Gasteiger partial charge in [0.2, 0.25) is 0 Å². The van der Waals surface area contributed by atoms with Crippen LogP contribution in [0.4, 0.5) is 0 Å². The highest BCUT2D eigenvalue weighted by Gasteiger charge is 2.29. The van der Waals surface area contributed by atoms with Crippen LogP contribution in [0.1, 0.15) is 68.0 Å². The topological polar surface area (TPSA) is 46.8 Å². The van der Waals surface area contributed by atoms with Crippen LogP contribution in [-0.4, -0.2) is 31.7 Å². The van der Waals surface area contributed by atoms with E-state index >= 15 is 0 Å². The summed E-state index contributed by atoms with van der Waals surface area (Å²) in [7, 11) is 2.20. The molecule has 0 amide bonds. The van der Waals surface area contributed by atoms with E-state index in [0.29, 0.717) is 6.04 Å². The van der Waals surface area contributed by atoms with E-state index in [9.17, 15) is 0 Å². The highest BCUT2D eigenvalue weighted by molar-refractivity contribution is 7.11. The summed E-state index contributed by atoms with van der Waals surface area (Å²) in [5, 5.41) is 5.69. The van der Waals surface area contributed by atoms with Crippen LogP contribution in [0, 0.1) is 0 Å². The van der Waals surface area contributed by atoms with Gasteiger partial charge in [0.25, 0.3) is 0 Å². The molecule has 6 heteroatoms. The Bertz CT molecular complexity index is 667. The third-order valence-corrected chi connectivity index (χ3v) is 5.79. The van der Waals surface area contributed by atoms with Crippen LogP contribution in [0.2, 0.25) is 0 Å². The second-order valence-electron chi connectivity index (χ2n) is 7.35. The van der Waals surface area contributed by atoms with Gasteiger partial charge in [-0.05, 0) is 53.5 Å². The third kappa shape index (κ3) is 3.33. The van der Waals surface area contributed by atoms with Crippen molar-refractivity contribution >= 4 is 11.3 Å². The molecule has 1 aliphatic rings. The highest BCUT2D eigenvalue weighted by atomic mass is 32.1. The summed E-state index contributed by atoms with van der Waals surface area (Å²) in [5.74, 6) is 1.03. The molecule has 0 aliphatic heterocycles. The van der Waals surface area contributed by atoms with E-state index in [2.05, 4.69) is 49.7 Å². The molecule has 23 heavy (non-hydrogen) atoms. The van der Waals surface area contributed by atoms with Gasteiger partial charge < -0.3 is 0 Å². The molecule has 0 aromatic carbocycles. The molecule has 2 heterocycles. The van der Waals surface area contributed by atoms with E-state index < -0.39 is 0 Å². The lowest BCUT2D eigenvalue weighted by molar-refractivity contribution is 0.200. The molecule has 5 nitrogen and oxygen atoms in total. The minimum atomic E-state index is -0.0374. The maximum absolute atomic E-state index is 4.81. The van der Waals surface area contributed by atoms with Gasteiger partial charge in [-0.2, -0.15) is 5.10 Å². The van der Waals surface area contributed by atoms with Gasteiger partial charge in [-0.25, -0.2) is 14.6 Å². The number of thiazole rings is 1. The molecular formula is C17H27N5S. The lowest BCUT2D eigenvalue weighted by Gasteiger charge is -2.31. The summed E-state index contributed by atoms with van der Waals surface area (Å²) in [6.07, 6.45) is 6.27. The van der Waals surface area contributed by atoms with Crippen molar-refractivity contribution in [2.45, 2.75) is 71.5 Å². The Kier molecular flexibility index (Phi) is 4.56. The van der Waals surface area contributed by atoms with Crippen molar-refractivity contribution in [3.05, 3.63) is 27.7 Å². The van der Waals surface area contributed by atoms with Crippen molar-refractivity contribution in [3.63, 3.8) is 0 Å².